The lowest BCUT2D eigenvalue weighted by atomic mass is 10.1. The quantitative estimate of drug-likeness (QED) is 0.143. The molecule has 16 heteroatoms. The number of carbonyl (C=O) groups excluding carboxylic acids is 1. The minimum absolute atomic E-state index is 0.0879. The number of aromatic nitrogens is 5. The Balaban J connectivity index is 1.52. The van der Waals surface area contributed by atoms with Gasteiger partial charge < -0.3 is 30.8 Å². The van der Waals surface area contributed by atoms with Gasteiger partial charge in [0.05, 0.1) is 29.7 Å². The van der Waals surface area contributed by atoms with Crippen LogP contribution in [0.5, 0.6) is 0 Å². The summed E-state index contributed by atoms with van der Waals surface area (Å²) in [4.78, 5) is 20.4. The van der Waals surface area contributed by atoms with Crippen LogP contribution in [-0.4, -0.2) is 74.4 Å². The van der Waals surface area contributed by atoms with E-state index in [1.54, 1.807) is 18.3 Å². The highest BCUT2D eigenvalue weighted by Gasteiger charge is 2.42. The first kappa shape index (κ1) is 29.0. The number of imidazole rings is 1. The third-order valence-corrected chi connectivity index (χ3v) is 6.07. The molecule has 0 aliphatic rings. The second-order valence-corrected chi connectivity index (χ2v) is 9.03. The molecule has 0 aliphatic carbocycles. The van der Waals surface area contributed by atoms with E-state index in [9.17, 15) is 23.1 Å². The average Bonchev–Trinajstić information content (AvgIpc) is 3.52. The molecule has 3 heterocycles. The van der Waals surface area contributed by atoms with Crippen LogP contribution in [0.4, 0.5) is 24.7 Å². The molecule has 0 spiro atoms. The van der Waals surface area contributed by atoms with Crippen molar-refractivity contribution < 1.29 is 32.4 Å². The molecule has 4 aromatic rings. The number of rotatable bonds is 12. The third-order valence-electron chi connectivity index (χ3n) is 5.84. The van der Waals surface area contributed by atoms with Crippen molar-refractivity contribution in [1.82, 2.24) is 30.2 Å². The van der Waals surface area contributed by atoms with Gasteiger partial charge >= 0.3 is 12.1 Å². The largest absolute Gasteiger partial charge is 0.490 e. The van der Waals surface area contributed by atoms with Crippen molar-refractivity contribution in [3.05, 3.63) is 35.5 Å². The van der Waals surface area contributed by atoms with E-state index < -0.39 is 24.9 Å². The Morgan fingerprint density at radius 2 is 2.08 bits per heavy atom. The van der Waals surface area contributed by atoms with Gasteiger partial charge in [-0.15, -0.1) is 0 Å². The number of benzene rings is 1. The van der Waals surface area contributed by atoms with Crippen LogP contribution in [0, 0.1) is 0 Å². The lowest BCUT2D eigenvalue weighted by Gasteiger charge is -2.17. The van der Waals surface area contributed by atoms with Crippen LogP contribution in [0.2, 0.25) is 5.02 Å². The van der Waals surface area contributed by atoms with Gasteiger partial charge in [-0.2, -0.15) is 13.2 Å². The highest BCUT2D eigenvalue weighted by molar-refractivity contribution is 6.30. The zero-order chi connectivity index (χ0) is 28.9. The number of anilines is 2. The Labute approximate surface area is 230 Å². The monoisotopic (exact) mass is 582 g/mol. The number of nitrogens with two attached hydrogens (primary N) is 1. The van der Waals surface area contributed by atoms with E-state index in [0.29, 0.717) is 53.8 Å². The molecular weight excluding hydrogens is 557 g/mol. The molecule has 3 aromatic heterocycles. The van der Waals surface area contributed by atoms with Crippen molar-refractivity contribution in [2.75, 3.05) is 37.3 Å². The van der Waals surface area contributed by atoms with Gasteiger partial charge in [0, 0.05) is 30.2 Å². The number of carbonyl (C=O) groups is 1. The maximum atomic E-state index is 12.4. The zero-order valence-electron chi connectivity index (χ0n) is 21.2. The summed E-state index contributed by atoms with van der Waals surface area (Å²) >= 11 is 6.22. The summed E-state index contributed by atoms with van der Waals surface area (Å²) in [5, 5.41) is 23.5. The third kappa shape index (κ3) is 6.43. The molecule has 0 radical (unpaired) electrons. The second kappa shape index (κ2) is 12.5. The molecule has 0 saturated heterocycles. The van der Waals surface area contributed by atoms with Crippen LogP contribution in [-0.2, 0) is 16.1 Å². The molecule has 0 fully saturated rings. The van der Waals surface area contributed by atoms with Crippen molar-refractivity contribution in [2.45, 2.75) is 32.2 Å². The summed E-state index contributed by atoms with van der Waals surface area (Å²) in [7, 11) is 0. The second-order valence-electron chi connectivity index (χ2n) is 8.60. The Morgan fingerprint density at radius 1 is 1.27 bits per heavy atom. The van der Waals surface area contributed by atoms with E-state index >= 15 is 0 Å². The first-order chi connectivity index (χ1) is 19.1. The Morgan fingerprint density at radius 3 is 2.73 bits per heavy atom. The SMILES string of the molecule is CCn1c(-c2nonc2N)nc2c(-c3cccc(Cl)c3)ncc(NCCCNC[C@@H](CO)OC(=O)C(F)(F)F)c21. The van der Waals surface area contributed by atoms with Gasteiger partial charge in [0.25, 0.3) is 0 Å². The molecule has 0 unspecified atom stereocenters. The van der Waals surface area contributed by atoms with Crippen LogP contribution >= 0.6 is 11.6 Å². The Kier molecular flexibility index (Phi) is 9.07. The average molecular weight is 583 g/mol. The summed E-state index contributed by atoms with van der Waals surface area (Å²) in [6.45, 7) is 2.37. The predicted octanol–water partition coefficient (Wildman–Crippen LogP) is 3.26. The number of fused-ring (bicyclic) bond motifs is 1. The number of halogens is 4. The number of aliphatic hydroxyl groups excluding tert-OH is 1. The van der Waals surface area contributed by atoms with Crippen molar-refractivity contribution in [3.63, 3.8) is 0 Å². The van der Waals surface area contributed by atoms with Crippen molar-refractivity contribution in [3.8, 4) is 22.8 Å². The maximum absolute atomic E-state index is 12.4. The number of hydrogen-bond donors (Lipinski definition) is 4. The lowest BCUT2D eigenvalue weighted by Crippen LogP contribution is -2.38. The predicted molar refractivity (Wildman–Crippen MR) is 140 cm³/mol. The molecule has 1 aromatic carbocycles. The number of hydrogen-bond acceptors (Lipinski definition) is 11. The van der Waals surface area contributed by atoms with Gasteiger partial charge in [-0.1, -0.05) is 23.7 Å². The van der Waals surface area contributed by atoms with Crippen LogP contribution in [0.3, 0.4) is 0 Å². The molecule has 1 atom stereocenters. The molecular formula is C24H26ClF3N8O4. The lowest BCUT2D eigenvalue weighted by molar-refractivity contribution is -0.206. The number of esters is 1. The number of ether oxygens (including phenoxy) is 1. The summed E-state index contributed by atoms with van der Waals surface area (Å²) in [5.41, 5.74) is 9.57. The Bertz CT molecular complexity index is 1480. The number of alkyl halides is 3. The number of nitrogens with one attached hydrogen (secondary N) is 2. The number of pyridine rings is 1. The first-order valence-electron chi connectivity index (χ1n) is 12.2. The molecule has 0 bridgehead atoms. The number of nitrogen functional groups attached to an aromatic ring is 1. The fourth-order valence-corrected chi connectivity index (χ4v) is 4.21. The molecule has 0 saturated carbocycles. The van der Waals surface area contributed by atoms with Crippen molar-refractivity contribution in [2.24, 2.45) is 0 Å². The highest BCUT2D eigenvalue weighted by atomic mass is 35.5. The molecule has 214 valence electrons. The van der Waals surface area contributed by atoms with Gasteiger partial charge in [-0.25, -0.2) is 14.4 Å². The van der Waals surface area contributed by atoms with Crippen molar-refractivity contribution >= 4 is 40.1 Å². The van der Waals surface area contributed by atoms with Crippen molar-refractivity contribution in [1.29, 1.82) is 0 Å². The first-order valence-corrected chi connectivity index (χ1v) is 12.6. The molecule has 40 heavy (non-hydrogen) atoms. The highest BCUT2D eigenvalue weighted by Crippen LogP contribution is 2.36. The van der Waals surface area contributed by atoms with E-state index in [1.807, 2.05) is 23.6 Å². The zero-order valence-corrected chi connectivity index (χ0v) is 22.0. The molecule has 0 amide bonds. The van der Waals surface area contributed by atoms with Crippen LogP contribution < -0.4 is 16.4 Å². The van der Waals surface area contributed by atoms with Gasteiger partial charge in [0.15, 0.2) is 17.3 Å². The topological polar surface area (TPSA) is 166 Å². The van der Waals surface area contributed by atoms with E-state index in [4.69, 9.17) is 26.9 Å². The van der Waals surface area contributed by atoms with Gasteiger partial charge in [-0.3, -0.25) is 4.98 Å². The maximum Gasteiger partial charge on any atom is 0.490 e. The van der Waals surface area contributed by atoms with Crippen LogP contribution in [0.15, 0.2) is 35.1 Å². The molecule has 12 nitrogen and oxygen atoms in total. The molecule has 5 N–H and O–H groups in total. The normalized spacial score (nSPS) is 12.6. The van der Waals surface area contributed by atoms with E-state index in [-0.39, 0.29) is 18.1 Å². The van der Waals surface area contributed by atoms with E-state index in [2.05, 4.69) is 30.7 Å². The number of aryl methyl sites for hydroxylation is 1. The minimum Gasteiger partial charge on any atom is -0.452 e. The van der Waals surface area contributed by atoms with E-state index in [0.717, 1.165) is 11.1 Å². The van der Waals surface area contributed by atoms with Crippen LogP contribution in [0.1, 0.15) is 13.3 Å². The summed E-state index contributed by atoms with van der Waals surface area (Å²) in [5.74, 6) is -1.81. The number of aliphatic hydroxyl groups is 1. The summed E-state index contributed by atoms with van der Waals surface area (Å²) < 4.78 is 48.1. The minimum atomic E-state index is -5.13. The van der Waals surface area contributed by atoms with E-state index in [1.165, 1.54) is 0 Å². The fourth-order valence-electron chi connectivity index (χ4n) is 4.02. The molecule has 0 aliphatic heterocycles. The Hall–Kier alpha value is -3.95. The van der Waals surface area contributed by atoms with Gasteiger partial charge in [-0.05, 0) is 42.3 Å². The summed E-state index contributed by atoms with van der Waals surface area (Å²) in [6, 6.07) is 7.22. The number of nitrogens with zero attached hydrogens (tertiary/aromatic N) is 5. The van der Waals surface area contributed by atoms with Gasteiger partial charge in [0.2, 0.25) is 0 Å². The van der Waals surface area contributed by atoms with Crippen LogP contribution in [0.25, 0.3) is 33.8 Å². The summed E-state index contributed by atoms with van der Waals surface area (Å²) in [6.07, 6.45) is -4.23. The molecule has 4 rings (SSSR count). The standard InChI is InChI=1S/C24H26ClF3N8O4/c1-2-36-20-16(31-8-4-7-30-10-15(12-37)39-23(38)24(26,27)28)11-32-17(13-5-3-6-14(25)9-13)18(20)33-22(36)19-21(29)35-40-34-19/h3,5-6,9,11,15,30-31,37H,2,4,7-8,10,12H2,1H3,(H2,29,35)/t15-/m0/s1. The van der Waals surface area contributed by atoms with Gasteiger partial charge in [0.1, 0.15) is 11.6 Å². The fraction of sp³-hybridized carbons (Fsp3) is 0.375. The smallest absolute Gasteiger partial charge is 0.452 e.